The summed E-state index contributed by atoms with van der Waals surface area (Å²) in [5, 5.41) is 3.73. The molecule has 1 saturated heterocycles. The predicted molar refractivity (Wildman–Crippen MR) is 84.2 cm³/mol. The molecule has 0 radical (unpaired) electrons. The Hall–Kier alpha value is -1.02. The van der Waals surface area contributed by atoms with Gasteiger partial charge >= 0.3 is 0 Å². The number of anilines is 1. The van der Waals surface area contributed by atoms with Crippen LogP contribution in [0.1, 0.15) is 43.9 Å². The van der Waals surface area contributed by atoms with Crippen molar-refractivity contribution in [3.63, 3.8) is 0 Å². The van der Waals surface area contributed by atoms with Crippen LogP contribution in [-0.2, 0) is 0 Å². The Kier molecular flexibility index (Phi) is 3.91. The Morgan fingerprint density at radius 2 is 1.74 bits per heavy atom. The molecule has 1 aromatic carbocycles. The van der Waals surface area contributed by atoms with Gasteiger partial charge in [-0.3, -0.25) is 0 Å². The first-order chi connectivity index (χ1) is 8.78. The molecule has 0 amide bonds. The number of aryl methyl sites for hydroxylation is 3. The van der Waals surface area contributed by atoms with Crippen molar-refractivity contribution in [3.8, 4) is 0 Å². The summed E-state index contributed by atoms with van der Waals surface area (Å²) in [6, 6.07) is 5.19. The van der Waals surface area contributed by atoms with Crippen LogP contribution < -0.4 is 10.2 Å². The fourth-order valence-corrected chi connectivity index (χ4v) is 3.55. The van der Waals surface area contributed by atoms with Crippen LogP contribution in [0.5, 0.6) is 0 Å². The maximum Gasteiger partial charge on any atom is 0.0426 e. The summed E-state index contributed by atoms with van der Waals surface area (Å²) in [6.45, 7) is 15.8. The Morgan fingerprint density at radius 1 is 1.16 bits per heavy atom. The average Bonchev–Trinajstić information content (AvgIpc) is 2.34. The summed E-state index contributed by atoms with van der Waals surface area (Å²) in [5.41, 5.74) is 5.78. The number of benzene rings is 1. The van der Waals surface area contributed by atoms with Gasteiger partial charge in [0.05, 0.1) is 0 Å². The minimum absolute atomic E-state index is 0.166. The van der Waals surface area contributed by atoms with E-state index in [9.17, 15) is 0 Å². The van der Waals surface area contributed by atoms with Gasteiger partial charge in [-0.05, 0) is 59.1 Å². The van der Waals surface area contributed by atoms with E-state index >= 15 is 0 Å². The summed E-state index contributed by atoms with van der Waals surface area (Å²) in [6.07, 6.45) is 1.20. The van der Waals surface area contributed by atoms with Crippen LogP contribution in [0.2, 0.25) is 0 Å². The minimum Gasteiger partial charge on any atom is -0.369 e. The monoisotopic (exact) mass is 260 g/mol. The lowest BCUT2D eigenvalue weighted by Crippen LogP contribution is -2.49. The van der Waals surface area contributed by atoms with Gasteiger partial charge in [0.1, 0.15) is 0 Å². The predicted octanol–water partition coefficient (Wildman–Crippen LogP) is 3.58. The molecule has 1 aromatic rings. The summed E-state index contributed by atoms with van der Waals surface area (Å²) in [4.78, 5) is 2.57. The highest BCUT2D eigenvalue weighted by Crippen LogP contribution is 2.29. The van der Waals surface area contributed by atoms with Gasteiger partial charge in [0.2, 0.25) is 0 Å². The second-order valence-corrected chi connectivity index (χ2v) is 6.89. The Bertz CT molecular complexity index is 439. The zero-order valence-electron chi connectivity index (χ0n) is 13.3. The highest BCUT2D eigenvalue weighted by molar-refractivity contribution is 5.60. The number of nitrogens with one attached hydrogen (secondary N) is 1. The van der Waals surface area contributed by atoms with Crippen LogP contribution >= 0.6 is 0 Å². The smallest absolute Gasteiger partial charge is 0.0426 e. The molecular formula is C17H28N2. The zero-order valence-corrected chi connectivity index (χ0v) is 13.3. The second kappa shape index (κ2) is 5.16. The van der Waals surface area contributed by atoms with Crippen LogP contribution in [0.15, 0.2) is 12.1 Å². The van der Waals surface area contributed by atoms with Gasteiger partial charge in [-0.1, -0.05) is 17.7 Å². The van der Waals surface area contributed by atoms with Gasteiger partial charge in [0.25, 0.3) is 0 Å². The van der Waals surface area contributed by atoms with Gasteiger partial charge in [-0.2, -0.15) is 0 Å². The fraction of sp³-hybridized carbons (Fsp3) is 0.647. The van der Waals surface area contributed by atoms with Gasteiger partial charge in [0.15, 0.2) is 0 Å². The SMILES string of the molecule is Cc1cc(C)c(N2CCC(C)NC(C)(C)C2)c(C)c1. The first kappa shape index (κ1) is 14.4. The maximum atomic E-state index is 3.73. The Balaban J connectivity index is 2.36. The molecule has 0 aliphatic carbocycles. The van der Waals surface area contributed by atoms with E-state index in [0.717, 1.165) is 13.1 Å². The molecule has 1 aliphatic heterocycles. The van der Waals surface area contributed by atoms with Crippen molar-refractivity contribution in [2.24, 2.45) is 0 Å². The third kappa shape index (κ3) is 3.30. The number of hydrogen-bond acceptors (Lipinski definition) is 2. The molecule has 2 nitrogen and oxygen atoms in total. The van der Waals surface area contributed by atoms with Gasteiger partial charge in [-0.25, -0.2) is 0 Å². The molecule has 1 atom stereocenters. The standard InChI is InChI=1S/C17H28N2/c1-12-9-13(2)16(14(3)10-12)19-8-7-15(4)18-17(5,6)11-19/h9-10,15,18H,7-8,11H2,1-6H3. The van der Waals surface area contributed by atoms with Crippen LogP contribution in [-0.4, -0.2) is 24.7 Å². The van der Waals surface area contributed by atoms with Crippen molar-refractivity contribution in [1.82, 2.24) is 5.32 Å². The van der Waals surface area contributed by atoms with Crippen molar-refractivity contribution in [3.05, 3.63) is 28.8 Å². The molecule has 0 saturated carbocycles. The molecule has 1 heterocycles. The van der Waals surface area contributed by atoms with E-state index in [-0.39, 0.29) is 5.54 Å². The topological polar surface area (TPSA) is 15.3 Å². The molecule has 0 bridgehead atoms. The molecule has 0 aromatic heterocycles. The summed E-state index contributed by atoms with van der Waals surface area (Å²) >= 11 is 0. The first-order valence-electron chi connectivity index (χ1n) is 7.39. The van der Waals surface area contributed by atoms with E-state index in [1.165, 1.54) is 28.8 Å². The van der Waals surface area contributed by atoms with Crippen LogP contribution in [0, 0.1) is 20.8 Å². The lowest BCUT2D eigenvalue weighted by molar-refractivity contribution is 0.368. The number of nitrogens with zero attached hydrogens (tertiary/aromatic N) is 1. The third-order valence-corrected chi connectivity index (χ3v) is 4.01. The van der Waals surface area contributed by atoms with Crippen molar-refractivity contribution < 1.29 is 0 Å². The fourth-order valence-electron chi connectivity index (χ4n) is 3.55. The Morgan fingerprint density at radius 3 is 2.32 bits per heavy atom. The summed E-state index contributed by atoms with van der Waals surface area (Å²) in [5.74, 6) is 0. The van der Waals surface area contributed by atoms with Gasteiger partial charge < -0.3 is 10.2 Å². The van der Waals surface area contributed by atoms with Crippen molar-refractivity contribution in [1.29, 1.82) is 0 Å². The molecule has 106 valence electrons. The van der Waals surface area contributed by atoms with E-state index in [1.807, 2.05) is 0 Å². The van der Waals surface area contributed by atoms with Gasteiger partial charge in [-0.15, -0.1) is 0 Å². The zero-order chi connectivity index (χ0) is 14.2. The van der Waals surface area contributed by atoms with Crippen LogP contribution in [0.3, 0.4) is 0 Å². The lowest BCUT2D eigenvalue weighted by atomic mass is 10.0. The normalized spacial score (nSPS) is 23.3. The highest BCUT2D eigenvalue weighted by Gasteiger charge is 2.28. The molecule has 1 N–H and O–H groups in total. The van der Waals surface area contributed by atoms with E-state index in [4.69, 9.17) is 0 Å². The van der Waals surface area contributed by atoms with Crippen molar-refractivity contribution in [2.45, 2.75) is 59.5 Å². The molecule has 1 aliphatic rings. The molecule has 2 rings (SSSR count). The molecule has 1 unspecified atom stereocenters. The lowest BCUT2D eigenvalue weighted by Gasteiger charge is -2.34. The third-order valence-electron chi connectivity index (χ3n) is 4.01. The van der Waals surface area contributed by atoms with Crippen LogP contribution in [0.25, 0.3) is 0 Å². The molecule has 19 heavy (non-hydrogen) atoms. The quantitative estimate of drug-likeness (QED) is 0.830. The van der Waals surface area contributed by atoms with Crippen molar-refractivity contribution in [2.75, 3.05) is 18.0 Å². The molecule has 1 fully saturated rings. The number of rotatable bonds is 1. The summed E-state index contributed by atoms with van der Waals surface area (Å²) < 4.78 is 0. The van der Waals surface area contributed by atoms with E-state index in [1.54, 1.807) is 0 Å². The summed E-state index contributed by atoms with van der Waals surface area (Å²) in [7, 11) is 0. The average molecular weight is 260 g/mol. The minimum atomic E-state index is 0.166. The highest BCUT2D eigenvalue weighted by atomic mass is 15.2. The van der Waals surface area contributed by atoms with Gasteiger partial charge in [0, 0.05) is 30.4 Å². The second-order valence-electron chi connectivity index (χ2n) is 6.89. The van der Waals surface area contributed by atoms with Crippen LogP contribution in [0.4, 0.5) is 5.69 Å². The molecule has 0 spiro atoms. The first-order valence-corrected chi connectivity index (χ1v) is 7.39. The molecule has 2 heteroatoms. The number of hydrogen-bond donors (Lipinski definition) is 1. The van der Waals surface area contributed by atoms with Crippen molar-refractivity contribution >= 4 is 5.69 Å². The van der Waals surface area contributed by atoms with E-state index in [0.29, 0.717) is 6.04 Å². The van der Waals surface area contributed by atoms with E-state index in [2.05, 4.69) is 63.9 Å². The maximum absolute atomic E-state index is 3.73. The van der Waals surface area contributed by atoms with E-state index < -0.39 is 0 Å². The molecular weight excluding hydrogens is 232 g/mol. The Labute approximate surface area is 118 Å². The largest absolute Gasteiger partial charge is 0.369 e.